The molecule has 0 aliphatic heterocycles. The molecule has 0 saturated carbocycles. The average Bonchev–Trinajstić information content (AvgIpc) is 2.55. The second kappa shape index (κ2) is 7.82. The highest BCUT2D eigenvalue weighted by Gasteiger charge is 2.24. The number of amides is 1. The molecule has 5 nitrogen and oxygen atoms in total. The van der Waals surface area contributed by atoms with Crippen molar-refractivity contribution in [3.63, 3.8) is 0 Å². The summed E-state index contributed by atoms with van der Waals surface area (Å²) in [5.41, 5.74) is 1.23. The van der Waals surface area contributed by atoms with E-state index in [1.54, 1.807) is 24.3 Å². The summed E-state index contributed by atoms with van der Waals surface area (Å²) in [7, 11) is -3.74. The number of halogens is 2. The molecule has 0 saturated heterocycles. The highest BCUT2D eigenvalue weighted by atomic mass is 32.2. The average molecular weight is 382 g/mol. The fourth-order valence-electron chi connectivity index (χ4n) is 2.49. The maximum Gasteiger partial charge on any atom is 0.245 e. The maximum atomic E-state index is 13.3. The van der Waals surface area contributed by atoms with E-state index in [2.05, 4.69) is 5.32 Å². The van der Waals surface area contributed by atoms with Crippen molar-refractivity contribution in [3.05, 3.63) is 59.7 Å². The fraction of sp³-hybridized carbons (Fsp3) is 0.278. The van der Waals surface area contributed by atoms with Gasteiger partial charge in [0.2, 0.25) is 15.9 Å². The SMILES string of the molecule is CC(C)c1ccccc1N(CC(=O)Nc1ccc(F)c(F)c1)S(C)(=O)=O. The van der Waals surface area contributed by atoms with Crippen LogP contribution in [0, 0.1) is 11.6 Å². The molecule has 1 amide bonds. The van der Waals surface area contributed by atoms with Gasteiger partial charge in [-0.05, 0) is 29.7 Å². The van der Waals surface area contributed by atoms with E-state index in [9.17, 15) is 22.0 Å². The number of rotatable bonds is 6. The number of anilines is 2. The first-order valence-electron chi connectivity index (χ1n) is 7.91. The zero-order valence-corrected chi connectivity index (χ0v) is 15.5. The first-order chi connectivity index (χ1) is 12.1. The van der Waals surface area contributed by atoms with E-state index >= 15 is 0 Å². The molecule has 0 unspecified atom stereocenters. The Morgan fingerprint density at radius 2 is 1.77 bits per heavy atom. The van der Waals surface area contributed by atoms with Crippen molar-refractivity contribution in [2.24, 2.45) is 0 Å². The molecular weight excluding hydrogens is 362 g/mol. The van der Waals surface area contributed by atoms with Gasteiger partial charge in [0.15, 0.2) is 11.6 Å². The van der Waals surface area contributed by atoms with Crippen LogP contribution in [0.5, 0.6) is 0 Å². The number of hydrogen-bond donors (Lipinski definition) is 1. The zero-order valence-electron chi connectivity index (χ0n) is 14.7. The minimum absolute atomic E-state index is 0.0412. The van der Waals surface area contributed by atoms with E-state index in [0.717, 1.165) is 28.3 Å². The van der Waals surface area contributed by atoms with Crippen molar-refractivity contribution in [1.29, 1.82) is 0 Å². The van der Waals surface area contributed by atoms with Crippen LogP contribution in [0.4, 0.5) is 20.2 Å². The monoisotopic (exact) mass is 382 g/mol. The van der Waals surface area contributed by atoms with Crippen LogP contribution in [0.2, 0.25) is 0 Å². The summed E-state index contributed by atoms with van der Waals surface area (Å²) in [4.78, 5) is 12.3. The molecular formula is C18H20F2N2O3S. The summed E-state index contributed by atoms with van der Waals surface area (Å²) in [6, 6.07) is 9.82. The molecule has 1 N–H and O–H groups in total. The summed E-state index contributed by atoms with van der Waals surface area (Å²) in [6.07, 6.45) is 1.01. The second-order valence-corrected chi connectivity index (χ2v) is 8.07. The Bertz CT molecular complexity index is 914. The second-order valence-electron chi connectivity index (χ2n) is 6.16. The highest BCUT2D eigenvalue weighted by molar-refractivity contribution is 7.92. The van der Waals surface area contributed by atoms with Gasteiger partial charge in [0.1, 0.15) is 6.54 Å². The van der Waals surface area contributed by atoms with Gasteiger partial charge in [-0.3, -0.25) is 9.10 Å². The normalized spacial score (nSPS) is 11.5. The van der Waals surface area contributed by atoms with E-state index in [-0.39, 0.29) is 11.6 Å². The molecule has 0 heterocycles. The van der Waals surface area contributed by atoms with Crippen molar-refractivity contribution in [2.75, 3.05) is 22.4 Å². The van der Waals surface area contributed by atoms with Crippen LogP contribution >= 0.6 is 0 Å². The molecule has 2 rings (SSSR count). The van der Waals surface area contributed by atoms with E-state index in [1.807, 2.05) is 13.8 Å². The van der Waals surface area contributed by atoms with Crippen LogP contribution in [0.15, 0.2) is 42.5 Å². The molecule has 0 bridgehead atoms. The van der Waals surface area contributed by atoms with Gasteiger partial charge in [0.25, 0.3) is 0 Å². The number of nitrogens with zero attached hydrogens (tertiary/aromatic N) is 1. The van der Waals surface area contributed by atoms with Crippen molar-refractivity contribution in [1.82, 2.24) is 0 Å². The van der Waals surface area contributed by atoms with Gasteiger partial charge in [-0.25, -0.2) is 17.2 Å². The van der Waals surface area contributed by atoms with E-state index < -0.39 is 34.1 Å². The quantitative estimate of drug-likeness (QED) is 0.832. The lowest BCUT2D eigenvalue weighted by Gasteiger charge is -2.25. The summed E-state index contributed by atoms with van der Waals surface area (Å²) < 4.78 is 51.7. The standard InChI is InChI=1S/C18H20F2N2O3S/c1-12(2)14-6-4-5-7-17(14)22(26(3,24)25)11-18(23)21-13-8-9-15(19)16(20)10-13/h4-10,12H,11H2,1-3H3,(H,21,23). The Labute approximate surface area is 151 Å². The van der Waals surface area contributed by atoms with Crippen molar-refractivity contribution < 1.29 is 22.0 Å². The smallest absolute Gasteiger partial charge is 0.245 e. The van der Waals surface area contributed by atoms with E-state index in [0.29, 0.717) is 5.69 Å². The van der Waals surface area contributed by atoms with Gasteiger partial charge < -0.3 is 5.32 Å². The summed E-state index contributed by atoms with van der Waals surface area (Å²) in [6.45, 7) is 3.35. The molecule has 140 valence electrons. The Hall–Kier alpha value is -2.48. The van der Waals surface area contributed by atoms with Crippen molar-refractivity contribution in [3.8, 4) is 0 Å². The van der Waals surface area contributed by atoms with Crippen LogP contribution < -0.4 is 9.62 Å². The molecule has 0 spiro atoms. The predicted molar refractivity (Wildman–Crippen MR) is 97.7 cm³/mol. The van der Waals surface area contributed by atoms with Crippen molar-refractivity contribution in [2.45, 2.75) is 19.8 Å². The van der Waals surface area contributed by atoms with Gasteiger partial charge in [-0.15, -0.1) is 0 Å². The predicted octanol–water partition coefficient (Wildman–Crippen LogP) is 3.49. The van der Waals surface area contributed by atoms with Gasteiger partial charge in [-0.1, -0.05) is 32.0 Å². The number of carbonyl (C=O) groups excluding carboxylic acids is 1. The lowest BCUT2D eigenvalue weighted by molar-refractivity contribution is -0.114. The Kier molecular flexibility index (Phi) is 5.97. The molecule has 26 heavy (non-hydrogen) atoms. The number of sulfonamides is 1. The van der Waals surface area contributed by atoms with E-state index in [4.69, 9.17) is 0 Å². The van der Waals surface area contributed by atoms with Crippen LogP contribution in [-0.2, 0) is 14.8 Å². The molecule has 2 aromatic carbocycles. The lowest BCUT2D eigenvalue weighted by Crippen LogP contribution is -2.38. The number of carbonyl (C=O) groups is 1. The number of para-hydroxylation sites is 1. The van der Waals surface area contributed by atoms with Crippen LogP contribution in [-0.4, -0.2) is 27.1 Å². The molecule has 0 aliphatic carbocycles. The molecule has 0 aliphatic rings. The molecule has 0 atom stereocenters. The third-order valence-corrected chi connectivity index (χ3v) is 4.84. The van der Waals surface area contributed by atoms with Gasteiger partial charge in [0, 0.05) is 11.8 Å². The topological polar surface area (TPSA) is 66.5 Å². The van der Waals surface area contributed by atoms with Gasteiger partial charge >= 0.3 is 0 Å². The van der Waals surface area contributed by atoms with Gasteiger partial charge in [-0.2, -0.15) is 0 Å². The van der Waals surface area contributed by atoms with Crippen molar-refractivity contribution >= 4 is 27.3 Å². The molecule has 8 heteroatoms. The van der Waals surface area contributed by atoms with Crippen LogP contribution in [0.25, 0.3) is 0 Å². The Morgan fingerprint density at radius 1 is 1.12 bits per heavy atom. The number of hydrogen-bond acceptors (Lipinski definition) is 3. The largest absolute Gasteiger partial charge is 0.324 e. The Morgan fingerprint density at radius 3 is 2.35 bits per heavy atom. The number of benzene rings is 2. The van der Waals surface area contributed by atoms with Crippen LogP contribution in [0.1, 0.15) is 25.3 Å². The molecule has 0 radical (unpaired) electrons. The zero-order chi connectivity index (χ0) is 19.5. The summed E-state index contributed by atoms with van der Waals surface area (Å²) in [5, 5.41) is 2.38. The van der Waals surface area contributed by atoms with Crippen LogP contribution in [0.3, 0.4) is 0 Å². The Balaban J connectivity index is 2.29. The van der Waals surface area contributed by atoms with Gasteiger partial charge in [0.05, 0.1) is 11.9 Å². The summed E-state index contributed by atoms with van der Waals surface area (Å²) in [5.74, 6) is -2.76. The first kappa shape index (κ1) is 19.8. The maximum absolute atomic E-state index is 13.3. The summed E-state index contributed by atoms with van der Waals surface area (Å²) >= 11 is 0. The minimum Gasteiger partial charge on any atom is -0.324 e. The molecule has 0 fully saturated rings. The third-order valence-electron chi connectivity index (χ3n) is 3.72. The minimum atomic E-state index is -3.74. The molecule has 2 aromatic rings. The number of nitrogens with one attached hydrogen (secondary N) is 1. The van der Waals surface area contributed by atoms with E-state index in [1.165, 1.54) is 6.07 Å². The fourth-order valence-corrected chi connectivity index (χ4v) is 3.36. The third kappa shape index (κ3) is 4.78. The highest BCUT2D eigenvalue weighted by Crippen LogP contribution is 2.29. The first-order valence-corrected chi connectivity index (χ1v) is 9.76. The molecule has 0 aromatic heterocycles. The lowest BCUT2D eigenvalue weighted by atomic mass is 10.0.